The molecular weight excluding hydrogens is 554 g/mol. The van der Waals surface area contributed by atoms with Crippen LogP contribution in [0.4, 0.5) is 22.0 Å². The van der Waals surface area contributed by atoms with Gasteiger partial charge in [-0.15, -0.1) is 0 Å². The van der Waals surface area contributed by atoms with Gasteiger partial charge >= 0.3 is 6.03 Å². The van der Waals surface area contributed by atoms with Crippen LogP contribution in [0, 0.1) is 6.92 Å². The minimum atomic E-state index is -0.0892. The fourth-order valence-electron chi connectivity index (χ4n) is 5.91. The van der Waals surface area contributed by atoms with Crippen LogP contribution < -0.4 is 15.5 Å². The number of urea groups is 1. The highest BCUT2D eigenvalue weighted by Crippen LogP contribution is 2.36. The Labute approximate surface area is 257 Å². The number of fused-ring (bicyclic) bond motifs is 2. The van der Waals surface area contributed by atoms with Crippen LogP contribution in [0.15, 0.2) is 72.9 Å². The largest absolute Gasteiger partial charge is 0.396 e. The molecule has 6 rings (SSSR count). The summed E-state index contributed by atoms with van der Waals surface area (Å²) in [5.41, 5.74) is 7.52. The van der Waals surface area contributed by atoms with Crippen molar-refractivity contribution in [3.8, 4) is 0 Å². The highest BCUT2D eigenvalue weighted by atomic mass is 16.3. The van der Waals surface area contributed by atoms with Crippen LogP contribution in [0.25, 0.3) is 0 Å². The molecule has 3 amide bonds. The Bertz CT molecular complexity index is 1640. The standard InChI is InChI=1S/C34H39N7O3/c1-24-19-27(33(43)41-23-29-21-36-38(2)32(29)37-30-5-3-4-6-31(30)41)11-12-28(24)20-35-34(44)40-16-14-39(15-17-40)22-26-9-7-25(8-10-26)13-18-42/h3-12,19,21,37,42H,13-18,20,22-23H2,1-2H3,(H,35,44). The van der Waals surface area contributed by atoms with Gasteiger partial charge in [-0.1, -0.05) is 42.5 Å². The number of carbonyl (C=O) groups excluding carboxylic acids is 2. The number of para-hydroxylation sites is 2. The number of nitrogens with zero attached hydrogens (tertiary/aromatic N) is 5. The first-order chi connectivity index (χ1) is 21.4. The number of piperazine rings is 1. The van der Waals surface area contributed by atoms with E-state index in [4.69, 9.17) is 5.11 Å². The summed E-state index contributed by atoms with van der Waals surface area (Å²) in [6, 6.07) is 21.8. The minimum Gasteiger partial charge on any atom is -0.396 e. The monoisotopic (exact) mass is 593 g/mol. The molecule has 228 valence electrons. The molecule has 4 aromatic rings. The lowest BCUT2D eigenvalue weighted by Gasteiger charge is -2.34. The number of hydrogen-bond acceptors (Lipinski definition) is 6. The second kappa shape index (κ2) is 12.9. The van der Waals surface area contributed by atoms with Gasteiger partial charge < -0.3 is 25.5 Å². The number of aliphatic hydroxyl groups is 1. The first kappa shape index (κ1) is 29.4. The fourth-order valence-corrected chi connectivity index (χ4v) is 5.91. The van der Waals surface area contributed by atoms with Crippen molar-refractivity contribution in [3.63, 3.8) is 0 Å². The zero-order valence-electron chi connectivity index (χ0n) is 25.3. The highest BCUT2D eigenvalue weighted by molar-refractivity contribution is 6.08. The number of aryl methyl sites for hydroxylation is 2. The van der Waals surface area contributed by atoms with Crippen molar-refractivity contribution in [2.24, 2.45) is 7.05 Å². The predicted octanol–water partition coefficient (Wildman–Crippen LogP) is 4.19. The van der Waals surface area contributed by atoms with E-state index >= 15 is 0 Å². The van der Waals surface area contributed by atoms with E-state index in [1.54, 1.807) is 15.8 Å². The van der Waals surface area contributed by atoms with E-state index in [1.165, 1.54) is 5.56 Å². The minimum absolute atomic E-state index is 0.0708. The van der Waals surface area contributed by atoms with E-state index in [1.807, 2.05) is 61.3 Å². The topological polar surface area (TPSA) is 106 Å². The molecule has 0 unspecified atom stereocenters. The molecule has 2 aliphatic rings. The molecule has 10 heteroatoms. The molecule has 3 aromatic carbocycles. The lowest BCUT2D eigenvalue weighted by molar-refractivity contribution is 0.0985. The van der Waals surface area contributed by atoms with Crippen molar-refractivity contribution in [3.05, 3.63) is 106 Å². The summed E-state index contributed by atoms with van der Waals surface area (Å²) >= 11 is 0. The Hall–Kier alpha value is -4.67. The molecule has 0 saturated carbocycles. The summed E-state index contributed by atoms with van der Waals surface area (Å²) in [6.45, 7) is 6.77. The summed E-state index contributed by atoms with van der Waals surface area (Å²) < 4.78 is 1.79. The number of aromatic nitrogens is 2. The van der Waals surface area contributed by atoms with Gasteiger partial charge in [0.2, 0.25) is 0 Å². The summed E-state index contributed by atoms with van der Waals surface area (Å²) in [5, 5.41) is 20.0. The van der Waals surface area contributed by atoms with Crippen molar-refractivity contribution >= 4 is 29.1 Å². The predicted molar refractivity (Wildman–Crippen MR) is 171 cm³/mol. The third-order valence-corrected chi connectivity index (χ3v) is 8.54. The zero-order chi connectivity index (χ0) is 30.6. The SMILES string of the molecule is Cc1cc(C(=O)N2Cc3cnn(C)c3Nc3ccccc32)ccc1CNC(=O)N1CCN(Cc2ccc(CCO)cc2)CC1. The van der Waals surface area contributed by atoms with E-state index in [-0.39, 0.29) is 18.5 Å². The molecule has 44 heavy (non-hydrogen) atoms. The first-order valence-electron chi connectivity index (χ1n) is 15.1. The molecule has 3 heterocycles. The van der Waals surface area contributed by atoms with Gasteiger partial charge in [0.25, 0.3) is 5.91 Å². The van der Waals surface area contributed by atoms with Crippen LogP contribution in [0.2, 0.25) is 0 Å². The van der Waals surface area contributed by atoms with Gasteiger partial charge in [-0.05, 0) is 59.9 Å². The Morgan fingerprint density at radius 1 is 0.977 bits per heavy atom. The van der Waals surface area contributed by atoms with Gasteiger partial charge in [-0.25, -0.2) is 4.79 Å². The number of rotatable bonds is 7. The van der Waals surface area contributed by atoms with Crippen LogP contribution in [-0.4, -0.2) is 69.4 Å². The number of hydrogen-bond donors (Lipinski definition) is 3. The Balaban J connectivity index is 1.04. The third kappa shape index (κ3) is 6.31. The number of benzene rings is 3. The van der Waals surface area contributed by atoms with Gasteiger partial charge in [-0.2, -0.15) is 5.10 Å². The second-order valence-corrected chi connectivity index (χ2v) is 11.5. The first-order valence-corrected chi connectivity index (χ1v) is 15.1. The van der Waals surface area contributed by atoms with E-state index in [2.05, 4.69) is 44.9 Å². The quantitative estimate of drug-likeness (QED) is 0.297. The Morgan fingerprint density at radius 2 is 1.73 bits per heavy atom. The molecule has 0 aliphatic carbocycles. The van der Waals surface area contributed by atoms with Crippen LogP contribution in [0.5, 0.6) is 0 Å². The van der Waals surface area contributed by atoms with E-state index in [9.17, 15) is 9.59 Å². The average Bonchev–Trinajstić information content (AvgIpc) is 3.28. The number of amides is 3. The third-order valence-electron chi connectivity index (χ3n) is 8.54. The highest BCUT2D eigenvalue weighted by Gasteiger charge is 2.27. The summed E-state index contributed by atoms with van der Waals surface area (Å²) in [4.78, 5) is 32.8. The average molecular weight is 594 g/mol. The maximum Gasteiger partial charge on any atom is 0.317 e. The van der Waals surface area contributed by atoms with Gasteiger partial charge in [0.15, 0.2) is 0 Å². The van der Waals surface area contributed by atoms with Crippen LogP contribution in [0.1, 0.15) is 38.2 Å². The molecule has 2 aliphatic heterocycles. The molecule has 1 saturated heterocycles. The molecule has 1 fully saturated rings. The molecule has 0 atom stereocenters. The lowest BCUT2D eigenvalue weighted by Crippen LogP contribution is -2.51. The van der Waals surface area contributed by atoms with Crippen molar-refractivity contribution in [2.45, 2.75) is 33.0 Å². The van der Waals surface area contributed by atoms with E-state index < -0.39 is 0 Å². The fraction of sp³-hybridized carbons (Fsp3) is 0.324. The molecule has 3 N–H and O–H groups in total. The van der Waals surface area contributed by atoms with Gasteiger partial charge in [0.05, 0.1) is 24.1 Å². The lowest BCUT2D eigenvalue weighted by atomic mass is 10.0. The molecular formula is C34H39N7O3. The van der Waals surface area contributed by atoms with E-state index in [0.29, 0.717) is 38.2 Å². The number of carbonyl (C=O) groups is 2. The maximum atomic E-state index is 13.8. The zero-order valence-corrected chi connectivity index (χ0v) is 25.3. The summed E-state index contributed by atoms with van der Waals surface area (Å²) in [5.74, 6) is 0.787. The van der Waals surface area contributed by atoms with Crippen molar-refractivity contribution in [1.29, 1.82) is 0 Å². The molecule has 0 spiro atoms. The van der Waals surface area contributed by atoms with Crippen molar-refractivity contribution in [1.82, 2.24) is 24.9 Å². The molecule has 0 radical (unpaired) electrons. The van der Waals surface area contributed by atoms with Crippen molar-refractivity contribution in [2.75, 3.05) is 43.0 Å². The van der Waals surface area contributed by atoms with Gasteiger partial charge in [0.1, 0.15) is 5.82 Å². The smallest absolute Gasteiger partial charge is 0.317 e. The van der Waals surface area contributed by atoms with Gasteiger partial charge in [0, 0.05) is 64.0 Å². The maximum absolute atomic E-state index is 13.8. The normalized spacial score (nSPS) is 14.8. The van der Waals surface area contributed by atoms with Crippen LogP contribution >= 0.6 is 0 Å². The Morgan fingerprint density at radius 3 is 2.48 bits per heavy atom. The van der Waals surface area contributed by atoms with Crippen LogP contribution in [0.3, 0.4) is 0 Å². The summed E-state index contributed by atoms with van der Waals surface area (Å²) in [7, 11) is 1.88. The van der Waals surface area contributed by atoms with Crippen molar-refractivity contribution < 1.29 is 14.7 Å². The van der Waals surface area contributed by atoms with E-state index in [0.717, 1.165) is 59.1 Å². The summed E-state index contributed by atoms with van der Waals surface area (Å²) in [6.07, 6.45) is 2.47. The van der Waals surface area contributed by atoms with Crippen LogP contribution in [-0.2, 0) is 33.1 Å². The number of aliphatic hydroxyl groups excluding tert-OH is 1. The molecule has 1 aromatic heterocycles. The molecule has 10 nitrogen and oxygen atoms in total. The number of anilines is 3. The number of nitrogens with one attached hydrogen (secondary N) is 2. The molecule has 0 bridgehead atoms. The van der Waals surface area contributed by atoms with Gasteiger partial charge in [-0.3, -0.25) is 14.4 Å². The second-order valence-electron chi connectivity index (χ2n) is 11.5. The Kier molecular flexibility index (Phi) is 8.63.